The van der Waals surface area contributed by atoms with Gasteiger partial charge in [0.05, 0.1) is 12.0 Å². The number of carbonyl (C=O) groups excluding carboxylic acids is 1. The molecule has 2 heterocycles. The van der Waals surface area contributed by atoms with Crippen molar-refractivity contribution >= 4 is 11.7 Å². The highest BCUT2D eigenvalue weighted by Gasteiger charge is 2.51. The van der Waals surface area contributed by atoms with Gasteiger partial charge < -0.3 is 10.1 Å². The minimum absolute atomic E-state index is 0.0381. The molecule has 0 atom stereocenters. The van der Waals surface area contributed by atoms with Gasteiger partial charge in [0.25, 0.3) is 0 Å². The van der Waals surface area contributed by atoms with Crippen LogP contribution in [0.15, 0.2) is 36.5 Å². The summed E-state index contributed by atoms with van der Waals surface area (Å²) in [5.74, 6) is 1.61. The van der Waals surface area contributed by atoms with Gasteiger partial charge in [-0.2, -0.15) is 0 Å². The summed E-state index contributed by atoms with van der Waals surface area (Å²) in [6, 6.07) is 10.1. The van der Waals surface area contributed by atoms with E-state index in [1.54, 1.807) is 6.20 Å². The Labute approximate surface area is 135 Å². The Morgan fingerprint density at radius 1 is 1.30 bits per heavy atom. The summed E-state index contributed by atoms with van der Waals surface area (Å²) >= 11 is 0. The maximum atomic E-state index is 12.8. The van der Waals surface area contributed by atoms with Gasteiger partial charge in [-0.15, -0.1) is 0 Å². The van der Waals surface area contributed by atoms with Gasteiger partial charge in [-0.05, 0) is 54.2 Å². The van der Waals surface area contributed by atoms with Crippen LogP contribution in [-0.2, 0) is 23.1 Å². The number of aryl methyl sites for hydroxylation is 1. The van der Waals surface area contributed by atoms with Crippen molar-refractivity contribution in [2.45, 2.75) is 38.0 Å². The highest BCUT2D eigenvalue weighted by atomic mass is 16.5. The largest absolute Gasteiger partial charge is 0.493 e. The maximum absolute atomic E-state index is 12.8. The SMILES string of the molecule is CCc1ccnc(NC(=O)C2(c3ccc4c(c3)OCC4)CC2)c1. The van der Waals surface area contributed by atoms with Crippen molar-refractivity contribution in [1.29, 1.82) is 0 Å². The Balaban J connectivity index is 1.57. The van der Waals surface area contributed by atoms with E-state index in [-0.39, 0.29) is 5.91 Å². The summed E-state index contributed by atoms with van der Waals surface area (Å²) in [4.78, 5) is 17.1. The summed E-state index contributed by atoms with van der Waals surface area (Å²) in [7, 11) is 0. The number of pyridine rings is 1. The van der Waals surface area contributed by atoms with Gasteiger partial charge in [0.2, 0.25) is 5.91 Å². The molecule has 1 fully saturated rings. The van der Waals surface area contributed by atoms with Crippen LogP contribution in [0.2, 0.25) is 0 Å². The molecular weight excluding hydrogens is 288 g/mol. The fourth-order valence-corrected chi connectivity index (χ4v) is 3.23. The Morgan fingerprint density at radius 3 is 2.96 bits per heavy atom. The third kappa shape index (κ3) is 2.48. The number of anilines is 1. The number of hydrogen-bond donors (Lipinski definition) is 1. The van der Waals surface area contributed by atoms with Crippen molar-refractivity contribution in [3.63, 3.8) is 0 Å². The lowest BCUT2D eigenvalue weighted by molar-refractivity contribution is -0.118. The van der Waals surface area contributed by atoms with Gasteiger partial charge in [0.15, 0.2) is 0 Å². The summed E-state index contributed by atoms with van der Waals surface area (Å²) in [6.07, 6.45) is 5.40. The Bertz CT molecular complexity index is 766. The second-order valence-corrected chi connectivity index (χ2v) is 6.36. The zero-order valence-electron chi connectivity index (χ0n) is 13.3. The molecule has 118 valence electrons. The Morgan fingerprint density at radius 2 is 2.17 bits per heavy atom. The number of amides is 1. The average molecular weight is 308 g/mol. The fourth-order valence-electron chi connectivity index (χ4n) is 3.23. The summed E-state index contributed by atoms with van der Waals surface area (Å²) < 4.78 is 5.65. The van der Waals surface area contributed by atoms with Crippen LogP contribution in [0.5, 0.6) is 5.75 Å². The molecule has 4 heteroatoms. The Hall–Kier alpha value is -2.36. The molecule has 2 aromatic rings. The van der Waals surface area contributed by atoms with E-state index in [0.717, 1.165) is 43.6 Å². The first-order valence-electron chi connectivity index (χ1n) is 8.24. The predicted octanol–water partition coefficient (Wildman–Crippen LogP) is 3.25. The molecule has 1 saturated carbocycles. The topological polar surface area (TPSA) is 51.2 Å². The van der Waals surface area contributed by atoms with E-state index in [2.05, 4.69) is 29.4 Å². The normalized spacial score (nSPS) is 17.3. The van der Waals surface area contributed by atoms with E-state index in [9.17, 15) is 4.79 Å². The van der Waals surface area contributed by atoms with Crippen LogP contribution >= 0.6 is 0 Å². The molecule has 1 aromatic carbocycles. The molecule has 0 spiro atoms. The number of nitrogens with zero attached hydrogens (tertiary/aromatic N) is 1. The fraction of sp³-hybridized carbons (Fsp3) is 0.368. The van der Waals surface area contributed by atoms with E-state index < -0.39 is 5.41 Å². The van der Waals surface area contributed by atoms with E-state index in [0.29, 0.717) is 5.82 Å². The first-order valence-corrected chi connectivity index (χ1v) is 8.24. The molecule has 23 heavy (non-hydrogen) atoms. The van der Waals surface area contributed by atoms with Gasteiger partial charge >= 0.3 is 0 Å². The van der Waals surface area contributed by atoms with E-state index in [4.69, 9.17) is 4.74 Å². The van der Waals surface area contributed by atoms with Crippen LogP contribution in [0.3, 0.4) is 0 Å². The molecule has 0 unspecified atom stereocenters. The van der Waals surface area contributed by atoms with E-state index >= 15 is 0 Å². The van der Waals surface area contributed by atoms with Crippen molar-refractivity contribution in [2.24, 2.45) is 0 Å². The third-order valence-electron chi connectivity index (χ3n) is 4.91. The number of benzene rings is 1. The number of fused-ring (bicyclic) bond motifs is 1. The van der Waals surface area contributed by atoms with Crippen LogP contribution in [-0.4, -0.2) is 17.5 Å². The zero-order valence-corrected chi connectivity index (χ0v) is 13.3. The number of hydrogen-bond acceptors (Lipinski definition) is 3. The monoisotopic (exact) mass is 308 g/mol. The molecule has 1 amide bonds. The summed E-state index contributed by atoms with van der Waals surface area (Å²) in [6.45, 7) is 2.83. The lowest BCUT2D eigenvalue weighted by atomic mass is 9.93. The van der Waals surface area contributed by atoms with Crippen molar-refractivity contribution in [3.05, 3.63) is 53.2 Å². The van der Waals surface area contributed by atoms with Crippen LogP contribution in [0.1, 0.15) is 36.5 Å². The van der Waals surface area contributed by atoms with E-state index in [1.807, 2.05) is 18.2 Å². The van der Waals surface area contributed by atoms with Gasteiger partial charge in [0.1, 0.15) is 11.6 Å². The quantitative estimate of drug-likeness (QED) is 0.943. The van der Waals surface area contributed by atoms with Crippen molar-refractivity contribution in [2.75, 3.05) is 11.9 Å². The third-order valence-corrected chi connectivity index (χ3v) is 4.91. The molecule has 0 radical (unpaired) electrons. The van der Waals surface area contributed by atoms with Crippen molar-refractivity contribution in [3.8, 4) is 5.75 Å². The standard InChI is InChI=1S/C19H20N2O2/c1-2-13-5-9-20-17(11-13)21-18(22)19(7-8-19)15-4-3-14-6-10-23-16(14)12-15/h3-5,9,11-12H,2,6-8,10H2,1H3,(H,20,21,22). The highest BCUT2D eigenvalue weighted by Crippen LogP contribution is 2.50. The maximum Gasteiger partial charge on any atom is 0.236 e. The molecule has 2 aliphatic rings. The summed E-state index contributed by atoms with van der Waals surface area (Å²) in [5, 5.41) is 2.99. The molecule has 0 bridgehead atoms. The number of carbonyl (C=O) groups is 1. The Kier molecular flexibility index (Phi) is 3.33. The van der Waals surface area contributed by atoms with Crippen LogP contribution < -0.4 is 10.1 Å². The first-order chi connectivity index (χ1) is 11.2. The number of ether oxygens (including phenoxy) is 1. The second kappa shape index (κ2) is 5.37. The molecule has 1 N–H and O–H groups in total. The van der Waals surface area contributed by atoms with Crippen LogP contribution in [0.25, 0.3) is 0 Å². The van der Waals surface area contributed by atoms with Gasteiger partial charge in [-0.3, -0.25) is 4.79 Å². The molecule has 1 aliphatic heterocycles. The molecule has 1 aliphatic carbocycles. The average Bonchev–Trinajstić information content (AvgIpc) is 3.26. The smallest absolute Gasteiger partial charge is 0.236 e. The lowest BCUT2D eigenvalue weighted by Gasteiger charge is -2.16. The van der Waals surface area contributed by atoms with Gasteiger partial charge in [-0.1, -0.05) is 19.1 Å². The van der Waals surface area contributed by atoms with Crippen molar-refractivity contribution in [1.82, 2.24) is 4.98 Å². The molecule has 4 nitrogen and oxygen atoms in total. The van der Waals surface area contributed by atoms with Crippen molar-refractivity contribution < 1.29 is 9.53 Å². The number of aromatic nitrogens is 1. The minimum Gasteiger partial charge on any atom is -0.493 e. The van der Waals surface area contributed by atoms with Gasteiger partial charge in [0, 0.05) is 12.6 Å². The van der Waals surface area contributed by atoms with E-state index in [1.165, 1.54) is 11.1 Å². The second-order valence-electron chi connectivity index (χ2n) is 6.36. The van der Waals surface area contributed by atoms with Crippen LogP contribution in [0.4, 0.5) is 5.82 Å². The molecule has 4 rings (SSSR count). The minimum atomic E-state index is -0.412. The number of rotatable bonds is 4. The number of nitrogens with one attached hydrogen (secondary N) is 1. The van der Waals surface area contributed by atoms with Crippen LogP contribution in [0, 0.1) is 0 Å². The molecular formula is C19H20N2O2. The summed E-state index contributed by atoms with van der Waals surface area (Å²) in [5.41, 5.74) is 3.06. The van der Waals surface area contributed by atoms with Gasteiger partial charge in [-0.25, -0.2) is 4.98 Å². The zero-order chi connectivity index (χ0) is 15.9. The lowest BCUT2D eigenvalue weighted by Crippen LogP contribution is -2.28. The molecule has 1 aromatic heterocycles. The first kappa shape index (κ1) is 14.2. The predicted molar refractivity (Wildman–Crippen MR) is 88.8 cm³/mol. The highest BCUT2D eigenvalue weighted by molar-refractivity contribution is 6.01. The molecule has 0 saturated heterocycles.